The summed E-state index contributed by atoms with van der Waals surface area (Å²) in [5.74, 6) is 0.178. The van der Waals surface area contributed by atoms with Gasteiger partial charge in [0.05, 0.1) is 24.7 Å². The quantitative estimate of drug-likeness (QED) is 0.788. The molecule has 1 saturated heterocycles. The number of methoxy groups -OCH3 is 1. The van der Waals surface area contributed by atoms with Crippen LogP contribution in [0.3, 0.4) is 0 Å². The number of esters is 1. The molecule has 0 bridgehead atoms. The predicted octanol–water partition coefficient (Wildman–Crippen LogP) is 1.56. The number of fused-ring (bicyclic) bond motifs is 1. The maximum absolute atomic E-state index is 12.4. The van der Waals surface area contributed by atoms with Gasteiger partial charge in [-0.05, 0) is 31.3 Å². The van der Waals surface area contributed by atoms with E-state index in [1.807, 2.05) is 0 Å². The molecule has 0 amide bonds. The van der Waals surface area contributed by atoms with Gasteiger partial charge in [-0.15, -0.1) is 0 Å². The highest BCUT2D eigenvalue weighted by Gasteiger charge is 2.41. The number of hydrogen-bond acceptors (Lipinski definition) is 5. The van der Waals surface area contributed by atoms with E-state index in [9.17, 15) is 9.59 Å². The largest absolute Gasteiger partial charge is 0.486 e. The SMILES string of the molecule is COC(=O)c1ccc2c(c1)C(=O)CC1(CCNCC1)O2. The zero-order valence-corrected chi connectivity index (χ0v) is 11.4. The van der Waals surface area contributed by atoms with Crippen LogP contribution in [-0.2, 0) is 4.74 Å². The van der Waals surface area contributed by atoms with Crippen LogP contribution in [0.5, 0.6) is 5.75 Å². The van der Waals surface area contributed by atoms with Crippen molar-refractivity contribution in [2.75, 3.05) is 20.2 Å². The van der Waals surface area contributed by atoms with Crippen LogP contribution in [0.1, 0.15) is 40.0 Å². The van der Waals surface area contributed by atoms with Gasteiger partial charge >= 0.3 is 5.97 Å². The molecule has 0 unspecified atom stereocenters. The molecule has 0 aromatic heterocycles. The third-order valence-corrected chi connectivity index (χ3v) is 4.03. The average molecular weight is 275 g/mol. The molecule has 2 aliphatic heterocycles. The van der Waals surface area contributed by atoms with E-state index >= 15 is 0 Å². The number of carbonyl (C=O) groups excluding carboxylic acids is 2. The molecule has 1 N–H and O–H groups in total. The zero-order valence-electron chi connectivity index (χ0n) is 11.4. The summed E-state index contributed by atoms with van der Waals surface area (Å²) in [4.78, 5) is 23.9. The van der Waals surface area contributed by atoms with Crippen LogP contribution in [0.25, 0.3) is 0 Å². The van der Waals surface area contributed by atoms with E-state index < -0.39 is 5.97 Å². The van der Waals surface area contributed by atoms with Crippen LogP contribution in [0.4, 0.5) is 0 Å². The molecule has 0 atom stereocenters. The van der Waals surface area contributed by atoms with Crippen molar-refractivity contribution in [3.63, 3.8) is 0 Å². The Kier molecular flexibility index (Phi) is 3.22. The average Bonchev–Trinajstić information content (AvgIpc) is 2.47. The number of ether oxygens (including phenoxy) is 2. The highest BCUT2D eigenvalue weighted by molar-refractivity contribution is 6.02. The van der Waals surface area contributed by atoms with Crippen LogP contribution >= 0.6 is 0 Å². The lowest BCUT2D eigenvalue weighted by Crippen LogP contribution is -2.49. The first-order chi connectivity index (χ1) is 9.63. The second-order valence-electron chi connectivity index (χ2n) is 5.34. The summed E-state index contributed by atoms with van der Waals surface area (Å²) in [6, 6.07) is 4.90. The monoisotopic (exact) mass is 275 g/mol. The summed E-state index contributed by atoms with van der Waals surface area (Å²) in [6.45, 7) is 1.73. The molecule has 106 valence electrons. The molecule has 2 heterocycles. The smallest absolute Gasteiger partial charge is 0.337 e. The highest BCUT2D eigenvalue weighted by Crippen LogP contribution is 2.38. The van der Waals surface area contributed by atoms with Gasteiger partial charge in [0, 0.05) is 12.8 Å². The summed E-state index contributed by atoms with van der Waals surface area (Å²) < 4.78 is 10.8. The van der Waals surface area contributed by atoms with Gasteiger partial charge in [0.1, 0.15) is 11.4 Å². The van der Waals surface area contributed by atoms with Crippen molar-refractivity contribution in [2.45, 2.75) is 24.9 Å². The molecule has 1 aromatic rings. The molecule has 5 nitrogen and oxygen atoms in total. The number of piperidine rings is 1. The van der Waals surface area contributed by atoms with Crippen molar-refractivity contribution in [2.24, 2.45) is 0 Å². The lowest BCUT2D eigenvalue weighted by atomic mass is 9.83. The Morgan fingerprint density at radius 3 is 2.80 bits per heavy atom. The number of rotatable bonds is 1. The topological polar surface area (TPSA) is 64.6 Å². The zero-order chi connectivity index (χ0) is 14.2. The van der Waals surface area contributed by atoms with E-state index in [1.165, 1.54) is 7.11 Å². The minimum Gasteiger partial charge on any atom is -0.486 e. The Bertz CT molecular complexity index is 561. The van der Waals surface area contributed by atoms with E-state index in [0.717, 1.165) is 25.9 Å². The first kappa shape index (κ1) is 13.1. The van der Waals surface area contributed by atoms with E-state index in [4.69, 9.17) is 4.74 Å². The van der Waals surface area contributed by atoms with Gasteiger partial charge in [0.25, 0.3) is 0 Å². The molecular formula is C15H17NO4. The van der Waals surface area contributed by atoms with Gasteiger partial charge in [0.2, 0.25) is 0 Å². The highest BCUT2D eigenvalue weighted by atomic mass is 16.5. The first-order valence-corrected chi connectivity index (χ1v) is 6.79. The van der Waals surface area contributed by atoms with E-state index in [1.54, 1.807) is 18.2 Å². The van der Waals surface area contributed by atoms with Crippen molar-refractivity contribution >= 4 is 11.8 Å². The molecule has 5 heteroatoms. The predicted molar refractivity (Wildman–Crippen MR) is 72.2 cm³/mol. The molecule has 20 heavy (non-hydrogen) atoms. The molecule has 3 rings (SSSR count). The standard InChI is InChI=1S/C15H17NO4/c1-19-14(18)10-2-3-13-11(8-10)12(17)9-15(20-13)4-6-16-7-5-15/h2-3,8,16H,4-7,9H2,1H3. The van der Waals surface area contributed by atoms with Crippen LogP contribution in [-0.4, -0.2) is 37.6 Å². The van der Waals surface area contributed by atoms with E-state index in [-0.39, 0.29) is 11.4 Å². The number of Topliss-reactive ketones (excluding diaryl/α,β-unsaturated/α-hetero) is 1. The van der Waals surface area contributed by atoms with Gasteiger partial charge in [-0.1, -0.05) is 0 Å². The molecule has 1 spiro atoms. The summed E-state index contributed by atoms with van der Waals surface area (Å²) in [6.07, 6.45) is 2.04. The van der Waals surface area contributed by atoms with Crippen LogP contribution in [0, 0.1) is 0 Å². The van der Waals surface area contributed by atoms with E-state index in [0.29, 0.717) is 23.3 Å². The van der Waals surface area contributed by atoms with Crippen LogP contribution in [0.2, 0.25) is 0 Å². The third-order valence-electron chi connectivity index (χ3n) is 4.03. The Labute approximate surface area is 117 Å². The van der Waals surface area contributed by atoms with Crippen molar-refractivity contribution in [1.82, 2.24) is 5.32 Å². The molecule has 0 aliphatic carbocycles. The molecule has 2 aliphatic rings. The Morgan fingerprint density at radius 2 is 2.10 bits per heavy atom. The maximum Gasteiger partial charge on any atom is 0.337 e. The van der Waals surface area contributed by atoms with Gasteiger partial charge < -0.3 is 14.8 Å². The molecular weight excluding hydrogens is 258 g/mol. The summed E-state index contributed by atoms with van der Waals surface area (Å²) in [5, 5.41) is 3.27. The molecule has 1 fully saturated rings. The van der Waals surface area contributed by atoms with Crippen LogP contribution in [0.15, 0.2) is 18.2 Å². The summed E-state index contributed by atoms with van der Waals surface area (Å²) >= 11 is 0. The fourth-order valence-electron chi connectivity index (χ4n) is 2.90. The van der Waals surface area contributed by atoms with Crippen molar-refractivity contribution in [3.8, 4) is 5.75 Å². The van der Waals surface area contributed by atoms with Crippen LogP contribution < -0.4 is 10.1 Å². The fourth-order valence-corrected chi connectivity index (χ4v) is 2.90. The third kappa shape index (κ3) is 2.18. The number of nitrogens with one attached hydrogen (secondary N) is 1. The molecule has 1 aromatic carbocycles. The number of ketones is 1. The van der Waals surface area contributed by atoms with E-state index in [2.05, 4.69) is 10.1 Å². The van der Waals surface area contributed by atoms with Gasteiger partial charge in [-0.25, -0.2) is 4.79 Å². The number of benzene rings is 1. The lowest BCUT2D eigenvalue weighted by Gasteiger charge is -2.40. The minimum atomic E-state index is -0.442. The summed E-state index contributed by atoms with van der Waals surface area (Å²) in [5.41, 5.74) is 0.490. The molecule has 0 saturated carbocycles. The second-order valence-corrected chi connectivity index (χ2v) is 5.34. The normalized spacial score (nSPS) is 20.1. The Morgan fingerprint density at radius 1 is 1.35 bits per heavy atom. The fraction of sp³-hybridized carbons (Fsp3) is 0.467. The van der Waals surface area contributed by atoms with Crippen molar-refractivity contribution in [1.29, 1.82) is 0 Å². The van der Waals surface area contributed by atoms with Gasteiger partial charge in [-0.3, -0.25) is 4.79 Å². The Balaban J connectivity index is 1.93. The maximum atomic E-state index is 12.4. The minimum absolute atomic E-state index is 0.0407. The Hall–Kier alpha value is -1.88. The van der Waals surface area contributed by atoms with Gasteiger partial charge in [-0.2, -0.15) is 0 Å². The molecule has 0 radical (unpaired) electrons. The number of hydrogen-bond donors (Lipinski definition) is 1. The second kappa shape index (κ2) is 4.90. The van der Waals surface area contributed by atoms with Crippen molar-refractivity contribution in [3.05, 3.63) is 29.3 Å². The van der Waals surface area contributed by atoms with Gasteiger partial charge in [0.15, 0.2) is 5.78 Å². The number of carbonyl (C=O) groups is 2. The first-order valence-electron chi connectivity index (χ1n) is 6.79. The van der Waals surface area contributed by atoms with Crippen molar-refractivity contribution < 1.29 is 19.1 Å². The lowest BCUT2D eigenvalue weighted by molar-refractivity contribution is 0.0187. The summed E-state index contributed by atoms with van der Waals surface area (Å²) in [7, 11) is 1.32.